The largest absolute Gasteiger partial charge is 0.492 e. The van der Waals surface area contributed by atoms with E-state index >= 15 is 0 Å². The van der Waals surface area contributed by atoms with Gasteiger partial charge in [-0.15, -0.1) is 0 Å². The summed E-state index contributed by atoms with van der Waals surface area (Å²) in [5.74, 6) is -1.89. The van der Waals surface area contributed by atoms with Crippen LogP contribution in [0.25, 0.3) is 0 Å². The minimum atomic E-state index is -4.01. The lowest BCUT2D eigenvalue weighted by Gasteiger charge is -2.14. The Morgan fingerprint density at radius 3 is 2.58 bits per heavy atom. The summed E-state index contributed by atoms with van der Waals surface area (Å²) >= 11 is 6.12. The van der Waals surface area contributed by atoms with Crippen molar-refractivity contribution >= 4 is 27.5 Å². The zero-order chi connectivity index (χ0) is 22.3. The van der Waals surface area contributed by atoms with Crippen molar-refractivity contribution in [2.45, 2.75) is 32.3 Å². The van der Waals surface area contributed by atoms with Crippen LogP contribution in [-0.4, -0.2) is 33.3 Å². The molecule has 2 aromatic rings. The molecule has 2 aromatic carbocycles. The number of carbonyl (C=O) groups excluding carboxylic acids is 1. The fourth-order valence-corrected chi connectivity index (χ4v) is 4.43. The maximum atomic E-state index is 14.4. The number of nitrogens with one attached hydrogen (secondary N) is 1. The Morgan fingerprint density at radius 2 is 1.87 bits per heavy atom. The van der Waals surface area contributed by atoms with Crippen LogP contribution < -0.4 is 9.46 Å². The van der Waals surface area contributed by atoms with E-state index in [0.29, 0.717) is 12.5 Å². The van der Waals surface area contributed by atoms with Crippen molar-refractivity contribution in [1.29, 1.82) is 0 Å². The Labute approximate surface area is 186 Å². The first-order chi connectivity index (χ1) is 14.8. The molecule has 1 amide bonds. The predicted molar refractivity (Wildman–Crippen MR) is 116 cm³/mol. The molecule has 0 heterocycles. The van der Waals surface area contributed by atoms with E-state index in [-0.39, 0.29) is 24.0 Å². The molecular weight excluding hydrogens is 445 g/mol. The van der Waals surface area contributed by atoms with Crippen LogP contribution in [0.3, 0.4) is 0 Å². The van der Waals surface area contributed by atoms with E-state index in [0.717, 1.165) is 43.4 Å². The van der Waals surface area contributed by atoms with E-state index in [1.807, 2.05) is 35.1 Å². The van der Waals surface area contributed by atoms with Gasteiger partial charge in [0.2, 0.25) is 10.0 Å². The minimum Gasteiger partial charge on any atom is -0.492 e. The van der Waals surface area contributed by atoms with Crippen LogP contribution in [0.5, 0.6) is 5.75 Å². The third-order valence-electron chi connectivity index (χ3n) is 5.07. The highest BCUT2D eigenvalue weighted by Gasteiger charge is 2.22. The summed E-state index contributed by atoms with van der Waals surface area (Å²) in [6.45, 7) is 0.563. The van der Waals surface area contributed by atoms with Crippen LogP contribution >= 0.6 is 11.6 Å². The lowest BCUT2D eigenvalue weighted by molar-refractivity contribution is 0.0976. The van der Waals surface area contributed by atoms with Crippen molar-refractivity contribution in [3.8, 4) is 5.75 Å². The Hall–Kier alpha value is -2.16. The van der Waals surface area contributed by atoms with Crippen molar-refractivity contribution < 1.29 is 27.1 Å². The van der Waals surface area contributed by atoms with Gasteiger partial charge in [-0.1, -0.05) is 54.8 Å². The Balaban J connectivity index is 1.52. The van der Waals surface area contributed by atoms with Gasteiger partial charge in [0.15, 0.2) is 0 Å². The highest BCUT2D eigenvalue weighted by atomic mass is 35.5. The lowest BCUT2D eigenvalue weighted by atomic mass is 10.1. The summed E-state index contributed by atoms with van der Waals surface area (Å²) in [4.78, 5) is 12.3. The van der Waals surface area contributed by atoms with Crippen molar-refractivity contribution in [3.05, 3.63) is 64.4 Å². The van der Waals surface area contributed by atoms with Crippen LogP contribution in [0.2, 0.25) is 5.02 Å². The quantitative estimate of drug-likeness (QED) is 0.524. The number of rotatable bonds is 10. The van der Waals surface area contributed by atoms with E-state index in [9.17, 15) is 17.6 Å². The number of halogens is 2. The first kappa shape index (κ1) is 23.5. The molecule has 1 aliphatic rings. The standard InChI is InChI=1S/C22H25ClFNO5S/c23-19-12-18(20(24)13-21(19)30-15-17-8-4-5-9-17)22(26)25-31(27,28)11-10-29-14-16-6-2-1-3-7-16/h1-3,6-7,12-13,17H,4-5,8-11,14-15H2,(H,25,26). The number of amides is 1. The zero-order valence-electron chi connectivity index (χ0n) is 17.0. The molecule has 1 fully saturated rings. The summed E-state index contributed by atoms with van der Waals surface area (Å²) in [5, 5.41) is 0.0492. The summed E-state index contributed by atoms with van der Waals surface area (Å²) < 4.78 is 51.5. The van der Waals surface area contributed by atoms with Crippen LogP contribution in [0.4, 0.5) is 4.39 Å². The molecule has 1 aliphatic carbocycles. The first-order valence-electron chi connectivity index (χ1n) is 10.1. The van der Waals surface area contributed by atoms with Gasteiger partial charge >= 0.3 is 0 Å². The Morgan fingerprint density at radius 1 is 1.16 bits per heavy atom. The molecule has 1 saturated carbocycles. The highest BCUT2D eigenvalue weighted by molar-refractivity contribution is 7.90. The molecule has 6 nitrogen and oxygen atoms in total. The van der Waals surface area contributed by atoms with E-state index in [2.05, 4.69) is 0 Å². The summed E-state index contributed by atoms with van der Waals surface area (Å²) in [7, 11) is -4.01. The summed E-state index contributed by atoms with van der Waals surface area (Å²) in [6, 6.07) is 11.4. The number of carbonyl (C=O) groups is 1. The van der Waals surface area contributed by atoms with Gasteiger partial charge < -0.3 is 9.47 Å². The van der Waals surface area contributed by atoms with Crippen molar-refractivity contribution in [2.75, 3.05) is 19.0 Å². The molecule has 0 saturated heterocycles. The van der Waals surface area contributed by atoms with Crippen LogP contribution in [-0.2, 0) is 21.4 Å². The molecule has 9 heteroatoms. The normalized spacial score (nSPS) is 14.5. The van der Waals surface area contributed by atoms with E-state index in [1.165, 1.54) is 0 Å². The topological polar surface area (TPSA) is 81.7 Å². The molecular formula is C22H25ClFNO5S. The highest BCUT2D eigenvalue weighted by Crippen LogP contribution is 2.30. The average molecular weight is 470 g/mol. The van der Waals surface area contributed by atoms with Gasteiger partial charge in [-0.3, -0.25) is 4.79 Å². The van der Waals surface area contributed by atoms with Gasteiger partial charge in [0.25, 0.3) is 5.91 Å². The number of sulfonamides is 1. The maximum Gasteiger partial charge on any atom is 0.267 e. The summed E-state index contributed by atoms with van der Waals surface area (Å²) in [5.41, 5.74) is 0.433. The molecule has 0 aliphatic heterocycles. The van der Waals surface area contributed by atoms with Gasteiger partial charge in [0.05, 0.1) is 36.2 Å². The minimum absolute atomic E-state index is 0.0492. The van der Waals surface area contributed by atoms with Crippen molar-refractivity contribution in [1.82, 2.24) is 4.72 Å². The van der Waals surface area contributed by atoms with Gasteiger partial charge in [0, 0.05) is 6.07 Å². The predicted octanol–water partition coefficient (Wildman–Crippen LogP) is 4.32. The molecule has 0 spiro atoms. The molecule has 0 radical (unpaired) electrons. The lowest BCUT2D eigenvalue weighted by Crippen LogP contribution is -2.34. The zero-order valence-corrected chi connectivity index (χ0v) is 18.6. The molecule has 31 heavy (non-hydrogen) atoms. The van der Waals surface area contributed by atoms with Crippen LogP contribution in [0.1, 0.15) is 41.6 Å². The van der Waals surface area contributed by atoms with E-state index < -0.39 is 33.1 Å². The van der Waals surface area contributed by atoms with Crippen LogP contribution in [0.15, 0.2) is 42.5 Å². The fourth-order valence-electron chi connectivity index (χ4n) is 3.38. The SMILES string of the molecule is O=C(NS(=O)(=O)CCOCc1ccccc1)c1cc(Cl)c(OCC2CCCC2)cc1F. The summed E-state index contributed by atoms with van der Waals surface area (Å²) in [6.07, 6.45) is 4.43. The Bertz CT molecular complexity index is 994. The second kappa shape index (κ2) is 10.9. The molecule has 1 N–H and O–H groups in total. The van der Waals surface area contributed by atoms with Gasteiger partial charge in [-0.25, -0.2) is 17.5 Å². The fraction of sp³-hybridized carbons (Fsp3) is 0.409. The van der Waals surface area contributed by atoms with Gasteiger partial charge in [-0.05, 0) is 30.4 Å². The number of ether oxygens (including phenoxy) is 2. The van der Waals surface area contributed by atoms with Gasteiger partial charge in [-0.2, -0.15) is 0 Å². The third-order valence-corrected chi connectivity index (χ3v) is 6.57. The monoisotopic (exact) mass is 469 g/mol. The van der Waals surface area contributed by atoms with E-state index in [4.69, 9.17) is 21.1 Å². The maximum absolute atomic E-state index is 14.4. The third kappa shape index (κ3) is 7.19. The second-order valence-electron chi connectivity index (χ2n) is 7.51. The van der Waals surface area contributed by atoms with E-state index in [1.54, 1.807) is 0 Å². The van der Waals surface area contributed by atoms with Crippen molar-refractivity contribution in [2.24, 2.45) is 5.92 Å². The van der Waals surface area contributed by atoms with Crippen LogP contribution in [0, 0.1) is 11.7 Å². The first-order valence-corrected chi connectivity index (χ1v) is 12.2. The molecule has 0 atom stereocenters. The number of hydrogen-bond acceptors (Lipinski definition) is 5. The molecule has 0 bridgehead atoms. The smallest absolute Gasteiger partial charge is 0.267 e. The molecule has 0 aromatic heterocycles. The molecule has 168 valence electrons. The average Bonchev–Trinajstić information content (AvgIpc) is 3.25. The van der Waals surface area contributed by atoms with Crippen molar-refractivity contribution in [3.63, 3.8) is 0 Å². The molecule has 3 rings (SSSR count). The number of hydrogen-bond donors (Lipinski definition) is 1. The van der Waals surface area contributed by atoms with Gasteiger partial charge in [0.1, 0.15) is 11.6 Å². The Kier molecular flexibility index (Phi) is 8.28. The number of benzene rings is 2. The molecule has 0 unspecified atom stereocenters. The second-order valence-corrected chi connectivity index (χ2v) is 9.76.